The Balaban J connectivity index is 2.12. The quantitative estimate of drug-likeness (QED) is 0.717. The Morgan fingerprint density at radius 2 is 2.46 bits per heavy atom. The lowest BCUT2D eigenvalue weighted by Gasteiger charge is -2.01. The number of rotatable bonds is 2. The Morgan fingerprint density at radius 3 is 3.08 bits per heavy atom. The van der Waals surface area contributed by atoms with Gasteiger partial charge >= 0.3 is 0 Å². The molecule has 0 radical (unpaired) electrons. The highest BCUT2D eigenvalue weighted by Gasteiger charge is 2.20. The maximum atomic E-state index is 5.46. The van der Waals surface area contributed by atoms with Crippen molar-refractivity contribution >= 4 is 5.71 Å². The molecule has 1 atom stereocenters. The largest absolute Gasteiger partial charge is 0.390 e. The first-order valence-electron chi connectivity index (χ1n) is 4.24. The van der Waals surface area contributed by atoms with Gasteiger partial charge in [-0.3, -0.25) is 4.98 Å². The molecule has 1 aromatic heterocycles. The molecule has 1 unspecified atom stereocenters. The van der Waals surface area contributed by atoms with Gasteiger partial charge in [-0.1, -0.05) is 11.2 Å². The van der Waals surface area contributed by atoms with Crippen molar-refractivity contribution in [1.29, 1.82) is 0 Å². The van der Waals surface area contributed by atoms with Gasteiger partial charge in [-0.2, -0.15) is 0 Å². The lowest BCUT2D eigenvalue weighted by molar-refractivity contribution is 0.0918. The summed E-state index contributed by atoms with van der Waals surface area (Å²) in [6.07, 6.45) is 2.53. The van der Waals surface area contributed by atoms with Crippen LogP contribution in [0.3, 0.4) is 0 Å². The molecule has 68 valence electrons. The Morgan fingerprint density at radius 1 is 1.54 bits per heavy atom. The van der Waals surface area contributed by atoms with Crippen molar-refractivity contribution in [1.82, 2.24) is 4.98 Å². The Labute approximate surface area is 76.4 Å². The summed E-state index contributed by atoms with van der Waals surface area (Å²) in [6, 6.07) is 5.72. The summed E-state index contributed by atoms with van der Waals surface area (Å²) in [5.41, 5.74) is 7.21. The summed E-state index contributed by atoms with van der Waals surface area (Å²) in [7, 11) is 0. The topological polar surface area (TPSA) is 60.5 Å². The molecule has 0 aliphatic carbocycles. The molecule has 0 bridgehead atoms. The molecule has 0 fully saturated rings. The number of hydrogen-bond acceptors (Lipinski definition) is 4. The molecule has 2 N–H and O–H groups in total. The van der Waals surface area contributed by atoms with Crippen LogP contribution in [0.2, 0.25) is 0 Å². The van der Waals surface area contributed by atoms with Gasteiger partial charge in [-0.05, 0) is 12.1 Å². The predicted molar refractivity (Wildman–Crippen MR) is 49.3 cm³/mol. The SMILES string of the molecule is NCC1CC(c2ccccn2)=NO1. The summed E-state index contributed by atoms with van der Waals surface area (Å²) in [4.78, 5) is 9.27. The fourth-order valence-electron chi connectivity index (χ4n) is 1.24. The molecular weight excluding hydrogens is 166 g/mol. The second-order valence-electron chi connectivity index (χ2n) is 2.92. The predicted octanol–water partition coefficient (Wildman–Crippen LogP) is 0.533. The van der Waals surface area contributed by atoms with Crippen LogP contribution in [0.4, 0.5) is 0 Å². The van der Waals surface area contributed by atoms with Crippen molar-refractivity contribution in [3.05, 3.63) is 30.1 Å². The van der Waals surface area contributed by atoms with Gasteiger partial charge in [-0.25, -0.2) is 0 Å². The summed E-state index contributed by atoms with van der Waals surface area (Å²) in [5, 5.41) is 3.93. The minimum Gasteiger partial charge on any atom is -0.390 e. The number of nitrogens with two attached hydrogens (primary N) is 1. The second-order valence-corrected chi connectivity index (χ2v) is 2.92. The van der Waals surface area contributed by atoms with Gasteiger partial charge in [-0.15, -0.1) is 0 Å². The van der Waals surface area contributed by atoms with Crippen molar-refractivity contribution in [2.24, 2.45) is 10.9 Å². The zero-order valence-corrected chi connectivity index (χ0v) is 7.18. The maximum Gasteiger partial charge on any atom is 0.145 e. The average Bonchev–Trinajstić information content (AvgIpc) is 2.67. The van der Waals surface area contributed by atoms with E-state index in [1.807, 2.05) is 18.2 Å². The Hall–Kier alpha value is -1.42. The van der Waals surface area contributed by atoms with E-state index in [-0.39, 0.29) is 6.10 Å². The minimum atomic E-state index is 0.0250. The molecule has 2 heterocycles. The number of oxime groups is 1. The lowest BCUT2D eigenvalue weighted by Crippen LogP contribution is -2.20. The normalized spacial score (nSPS) is 21.0. The summed E-state index contributed by atoms with van der Waals surface area (Å²) >= 11 is 0. The number of nitrogens with zero attached hydrogens (tertiary/aromatic N) is 2. The molecule has 0 saturated heterocycles. The van der Waals surface area contributed by atoms with E-state index in [4.69, 9.17) is 10.6 Å². The first kappa shape index (κ1) is 8.19. The van der Waals surface area contributed by atoms with Crippen molar-refractivity contribution in [2.45, 2.75) is 12.5 Å². The van der Waals surface area contributed by atoms with Crippen LogP contribution in [0.25, 0.3) is 0 Å². The number of pyridine rings is 1. The van der Waals surface area contributed by atoms with E-state index in [0.29, 0.717) is 6.54 Å². The third-order valence-electron chi connectivity index (χ3n) is 1.96. The van der Waals surface area contributed by atoms with Gasteiger partial charge in [0, 0.05) is 19.2 Å². The zero-order valence-electron chi connectivity index (χ0n) is 7.18. The molecule has 0 spiro atoms. The van der Waals surface area contributed by atoms with Crippen LogP contribution >= 0.6 is 0 Å². The van der Waals surface area contributed by atoms with Crippen LogP contribution in [0.5, 0.6) is 0 Å². The van der Waals surface area contributed by atoms with Crippen LogP contribution in [-0.4, -0.2) is 23.3 Å². The van der Waals surface area contributed by atoms with Gasteiger partial charge in [0.05, 0.1) is 5.69 Å². The first-order valence-corrected chi connectivity index (χ1v) is 4.24. The van der Waals surface area contributed by atoms with Crippen LogP contribution in [0.1, 0.15) is 12.1 Å². The molecule has 13 heavy (non-hydrogen) atoms. The van der Waals surface area contributed by atoms with E-state index in [0.717, 1.165) is 17.8 Å². The molecule has 1 aliphatic rings. The molecular formula is C9H11N3O. The maximum absolute atomic E-state index is 5.46. The minimum absolute atomic E-state index is 0.0250. The molecule has 4 nitrogen and oxygen atoms in total. The van der Waals surface area contributed by atoms with E-state index < -0.39 is 0 Å². The van der Waals surface area contributed by atoms with Gasteiger partial charge in [0.25, 0.3) is 0 Å². The summed E-state index contributed by atoms with van der Waals surface area (Å²) in [6.45, 7) is 0.500. The molecule has 0 saturated carbocycles. The highest BCUT2D eigenvalue weighted by Crippen LogP contribution is 2.13. The summed E-state index contributed by atoms with van der Waals surface area (Å²) < 4.78 is 0. The average molecular weight is 177 g/mol. The molecule has 2 rings (SSSR count). The third-order valence-corrected chi connectivity index (χ3v) is 1.96. The fourth-order valence-corrected chi connectivity index (χ4v) is 1.24. The number of aromatic nitrogens is 1. The fraction of sp³-hybridized carbons (Fsp3) is 0.333. The van der Waals surface area contributed by atoms with E-state index in [1.165, 1.54) is 0 Å². The van der Waals surface area contributed by atoms with Crippen LogP contribution in [-0.2, 0) is 4.84 Å². The molecule has 1 aliphatic heterocycles. The Bertz CT molecular complexity index is 310. The molecule has 0 amide bonds. The number of hydrogen-bond donors (Lipinski definition) is 1. The standard InChI is InChI=1S/C9H11N3O/c10-6-7-5-9(12-13-7)8-3-1-2-4-11-8/h1-4,7H,5-6,10H2. The monoisotopic (exact) mass is 177 g/mol. The van der Waals surface area contributed by atoms with Gasteiger partial charge in [0.15, 0.2) is 0 Å². The molecule has 1 aromatic rings. The van der Waals surface area contributed by atoms with Crippen LogP contribution < -0.4 is 5.73 Å². The van der Waals surface area contributed by atoms with E-state index >= 15 is 0 Å². The van der Waals surface area contributed by atoms with Crippen molar-refractivity contribution in [3.8, 4) is 0 Å². The van der Waals surface area contributed by atoms with Gasteiger partial charge in [0.2, 0.25) is 0 Å². The zero-order chi connectivity index (χ0) is 9.10. The van der Waals surface area contributed by atoms with Crippen LogP contribution in [0, 0.1) is 0 Å². The summed E-state index contributed by atoms with van der Waals surface area (Å²) in [5.74, 6) is 0. The van der Waals surface area contributed by atoms with Crippen molar-refractivity contribution in [2.75, 3.05) is 6.54 Å². The van der Waals surface area contributed by atoms with Gasteiger partial charge < -0.3 is 10.6 Å². The highest BCUT2D eigenvalue weighted by atomic mass is 16.6. The van der Waals surface area contributed by atoms with Crippen LogP contribution in [0.15, 0.2) is 29.6 Å². The van der Waals surface area contributed by atoms with Gasteiger partial charge in [0.1, 0.15) is 11.8 Å². The van der Waals surface area contributed by atoms with E-state index in [9.17, 15) is 0 Å². The van der Waals surface area contributed by atoms with E-state index in [2.05, 4.69) is 10.1 Å². The van der Waals surface area contributed by atoms with E-state index in [1.54, 1.807) is 6.20 Å². The third kappa shape index (κ3) is 1.67. The lowest BCUT2D eigenvalue weighted by atomic mass is 10.1. The molecule has 4 heteroatoms. The first-order chi connectivity index (χ1) is 6.40. The van der Waals surface area contributed by atoms with Crippen molar-refractivity contribution in [3.63, 3.8) is 0 Å². The second kappa shape index (κ2) is 3.53. The smallest absolute Gasteiger partial charge is 0.145 e. The Kier molecular flexibility index (Phi) is 2.23. The van der Waals surface area contributed by atoms with Crippen molar-refractivity contribution < 1.29 is 4.84 Å². The highest BCUT2D eigenvalue weighted by molar-refractivity contribution is 5.99. The molecule has 0 aromatic carbocycles.